The van der Waals surface area contributed by atoms with Crippen LogP contribution < -0.4 is 5.32 Å². The van der Waals surface area contributed by atoms with Gasteiger partial charge in [-0.3, -0.25) is 9.00 Å². The molecule has 1 aliphatic rings. The number of halogens is 1. The Morgan fingerprint density at radius 2 is 2.19 bits per heavy atom. The second kappa shape index (κ2) is 9.21. The number of anilines is 1. The number of amides is 1. The van der Waals surface area contributed by atoms with E-state index in [0.717, 1.165) is 29.3 Å². The monoisotopic (exact) mass is 455 g/mol. The van der Waals surface area contributed by atoms with Crippen molar-refractivity contribution in [3.8, 4) is 0 Å². The third kappa shape index (κ3) is 5.22. The van der Waals surface area contributed by atoms with Crippen molar-refractivity contribution in [2.75, 3.05) is 5.32 Å². The van der Waals surface area contributed by atoms with Crippen LogP contribution in [0.25, 0.3) is 0 Å². The van der Waals surface area contributed by atoms with E-state index >= 15 is 0 Å². The molecule has 8 heteroatoms. The van der Waals surface area contributed by atoms with Gasteiger partial charge in [-0.2, -0.15) is 0 Å². The zero-order valence-corrected chi connectivity index (χ0v) is 17.4. The smallest absolute Gasteiger partial charge is 0.233 e. The van der Waals surface area contributed by atoms with Gasteiger partial charge >= 0.3 is 0 Å². The van der Waals surface area contributed by atoms with E-state index in [1.54, 1.807) is 12.3 Å². The van der Waals surface area contributed by atoms with E-state index in [2.05, 4.69) is 26.2 Å². The minimum Gasteiger partial charge on any atom is -0.772 e. The summed E-state index contributed by atoms with van der Waals surface area (Å²) in [7, 11) is 0. The molecule has 26 heavy (non-hydrogen) atoms. The van der Waals surface area contributed by atoms with Crippen molar-refractivity contribution in [2.24, 2.45) is 5.92 Å². The number of aromatic nitrogens is 1. The lowest BCUT2D eigenvalue weighted by Gasteiger charge is -2.21. The topological polar surface area (TPSA) is 82.1 Å². The maximum absolute atomic E-state index is 12.9. The minimum absolute atomic E-state index is 0.0422. The molecular formula is C18H20BrN2O3S2-. The molecule has 1 heterocycles. The van der Waals surface area contributed by atoms with Crippen molar-refractivity contribution in [3.05, 3.63) is 45.4 Å². The minimum atomic E-state index is -2.14. The Balaban J connectivity index is 1.82. The number of nitrogens with one attached hydrogen (secondary N) is 1. The van der Waals surface area contributed by atoms with Crippen LogP contribution in [0.1, 0.15) is 49.1 Å². The van der Waals surface area contributed by atoms with Crippen molar-refractivity contribution in [2.45, 2.75) is 43.8 Å². The highest BCUT2D eigenvalue weighted by Gasteiger charge is 2.27. The van der Waals surface area contributed by atoms with Gasteiger partial charge in [0.05, 0.1) is 5.92 Å². The van der Waals surface area contributed by atoms with E-state index < -0.39 is 11.1 Å². The van der Waals surface area contributed by atoms with Gasteiger partial charge in [-0.1, -0.05) is 64.8 Å². The molecule has 2 atom stereocenters. The Bertz CT molecular complexity index is 777. The number of thiazole rings is 1. The molecule has 3 rings (SSSR count). The zero-order chi connectivity index (χ0) is 18.5. The van der Waals surface area contributed by atoms with E-state index in [-0.39, 0.29) is 17.6 Å². The summed E-state index contributed by atoms with van der Waals surface area (Å²) in [6.45, 7) is 0. The van der Waals surface area contributed by atoms with Crippen LogP contribution in [0.4, 0.5) is 5.13 Å². The Kier molecular flexibility index (Phi) is 6.97. The zero-order valence-electron chi connectivity index (χ0n) is 14.2. The fourth-order valence-corrected chi connectivity index (χ4v) is 5.24. The Morgan fingerprint density at radius 1 is 1.42 bits per heavy atom. The normalized spacial score (nSPS) is 17.2. The SMILES string of the molecule is O=C(Nc1nccs1)C(CC1CCCC1)c1ccc(CS(=O)[O-])c(Br)c1. The molecule has 0 bridgehead atoms. The van der Waals surface area contributed by atoms with Gasteiger partial charge in [0, 0.05) is 21.8 Å². The number of benzene rings is 1. The number of carbonyl (C=O) groups excluding carboxylic acids is 1. The molecule has 0 spiro atoms. The first kappa shape index (κ1) is 19.7. The first-order valence-electron chi connectivity index (χ1n) is 8.57. The lowest BCUT2D eigenvalue weighted by Crippen LogP contribution is -2.23. The van der Waals surface area contributed by atoms with Crippen LogP contribution in [0, 0.1) is 5.92 Å². The molecule has 1 amide bonds. The second-order valence-corrected chi connectivity index (χ2v) is 9.21. The maximum Gasteiger partial charge on any atom is 0.233 e. The summed E-state index contributed by atoms with van der Waals surface area (Å²) in [5, 5.41) is 5.35. The van der Waals surface area contributed by atoms with Crippen molar-refractivity contribution in [1.82, 2.24) is 4.98 Å². The van der Waals surface area contributed by atoms with E-state index in [1.807, 2.05) is 17.5 Å². The molecule has 5 nitrogen and oxygen atoms in total. The van der Waals surface area contributed by atoms with Crippen LogP contribution in [0.15, 0.2) is 34.2 Å². The van der Waals surface area contributed by atoms with Gasteiger partial charge in [0.2, 0.25) is 5.91 Å². The van der Waals surface area contributed by atoms with Crippen molar-refractivity contribution in [3.63, 3.8) is 0 Å². The molecule has 2 unspecified atom stereocenters. The van der Waals surface area contributed by atoms with Crippen molar-refractivity contribution in [1.29, 1.82) is 0 Å². The second-order valence-electron chi connectivity index (χ2n) is 6.56. The lowest BCUT2D eigenvalue weighted by molar-refractivity contribution is -0.118. The fourth-order valence-electron chi connectivity index (χ4n) is 3.48. The summed E-state index contributed by atoms with van der Waals surface area (Å²) in [6.07, 6.45) is 7.24. The Morgan fingerprint density at radius 3 is 2.81 bits per heavy atom. The number of hydrogen-bond acceptors (Lipinski definition) is 5. The standard InChI is InChI=1S/C18H21BrN2O3S2/c19-16-10-13(5-6-14(16)11-26(23)24)15(9-12-3-1-2-4-12)17(22)21-18-20-7-8-25-18/h5-8,10,12,15H,1-4,9,11H2,(H,23,24)(H,20,21,22)/p-1. The Labute approximate surface area is 168 Å². The van der Waals surface area contributed by atoms with Crippen LogP contribution in [-0.4, -0.2) is 19.7 Å². The highest BCUT2D eigenvalue weighted by Crippen LogP contribution is 2.36. The summed E-state index contributed by atoms with van der Waals surface area (Å²) in [6, 6.07) is 5.53. The van der Waals surface area contributed by atoms with E-state index in [1.165, 1.54) is 24.2 Å². The highest BCUT2D eigenvalue weighted by atomic mass is 79.9. The predicted octanol–water partition coefficient (Wildman–Crippen LogP) is 4.59. The van der Waals surface area contributed by atoms with Crippen LogP contribution in [-0.2, 0) is 21.6 Å². The van der Waals surface area contributed by atoms with Crippen LogP contribution in [0.5, 0.6) is 0 Å². The van der Waals surface area contributed by atoms with Crippen LogP contribution in [0.3, 0.4) is 0 Å². The van der Waals surface area contributed by atoms with Gasteiger partial charge in [0.1, 0.15) is 0 Å². The average Bonchev–Trinajstić information content (AvgIpc) is 3.28. The van der Waals surface area contributed by atoms with E-state index in [0.29, 0.717) is 16.6 Å². The maximum atomic E-state index is 12.9. The first-order valence-corrected chi connectivity index (χ1v) is 11.5. The van der Waals surface area contributed by atoms with Crippen molar-refractivity contribution >= 4 is 49.4 Å². The van der Waals surface area contributed by atoms with Gasteiger partial charge < -0.3 is 9.87 Å². The summed E-state index contributed by atoms with van der Waals surface area (Å²) >= 11 is 2.70. The van der Waals surface area contributed by atoms with Crippen molar-refractivity contribution < 1.29 is 13.6 Å². The highest BCUT2D eigenvalue weighted by molar-refractivity contribution is 9.10. The molecule has 1 N–H and O–H groups in total. The Hall–Kier alpha value is -1.09. The van der Waals surface area contributed by atoms with Gasteiger partial charge in [0.15, 0.2) is 5.13 Å². The number of hydrogen-bond donors (Lipinski definition) is 1. The molecule has 0 radical (unpaired) electrons. The summed E-state index contributed by atoms with van der Waals surface area (Å²) in [5.41, 5.74) is 1.60. The molecule has 2 aromatic rings. The van der Waals surface area contributed by atoms with Crippen LogP contribution >= 0.6 is 27.3 Å². The predicted molar refractivity (Wildman–Crippen MR) is 107 cm³/mol. The molecule has 0 saturated heterocycles. The van der Waals surface area contributed by atoms with Gasteiger partial charge in [0.25, 0.3) is 0 Å². The fraction of sp³-hybridized carbons (Fsp3) is 0.444. The lowest BCUT2D eigenvalue weighted by atomic mass is 9.87. The van der Waals surface area contributed by atoms with Gasteiger partial charge in [-0.15, -0.1) is 11.3 Å². The quantitative estimate of drug-likeness (QED) is 0.618. The molecule has 1 aromatic heterocycles. The van der Waals surface area contributed by atoms with Gasteiger partial charge in [-0.05, 0) is 29.5 Å². The number of nitrogens with zero attached hydrogens (tertiary/aromatic N) is 1. The summed E-state index contributed by atoms with van der Waals surface area (Å²) in [4.78, 5) is 17.1. The van der Waals surface area contributed by atoms with E-state index in [9.17, 15) is 13.6 Å². The molecular weight excluding hydrogens is 436 g/mol. The first-order chi connectivity index (χ1) is 12.5. The summed E-state index contributed by atoms with van der Waals surface area (Å²) < 4.78 is 22.7. The third-order valence-electron chi connectivity index (χ3n) is 4.78. The largest absolute Gasteiger partial charge is 0.772 e. The molecule has 1 aromatic carbocycles. The number of carbonyl (C=O) groups is 1. The van der Waals surface area contributed by atoms with Gasteiger partial charge in [-0.25, -0.2) is 4.98 Å². The third-order valence-corrected chi connectivity index (χ3v) is 6.75. The van der Waals surface area contributed by atoms with Crippen LogP contribution in [0.2, 0.25) is 0 Å². The molecule has 1 aliphatic carbocycles. The molecule has 140 valence electrons. The molecule has 1 saturated carbocycles. The molecule has 0 aliphatic heterocycles. The number of rotatable bonds is 7. The molecule has 1 fully saturated rings. The summed E-state index contributed by atoms with van der Waals surface area (Å²) in [5.74, 6) is 0.179. The average molecular weight is 456 g/mol. The van der Waals surface area contributed by atoms with E-state index in [4.69, 9.17) is 0 Å².